The van der Waals surface area contributed by atoms with Crippen molar-refractivity contribution in [2.75, 3.05) is 0 Å². The van der Waals surface area contributed by atoms with Crippen molar-refractivity contribution < 1.29 is 105 Å². The van der Waals surface area contributed by atoms with Crippen molar-refractivity contribution in [2.45, 2.75) is 134 Å². The molecule has 0 spiro atoms. The van der Waals surface area contributed by atoms with Gasteiger partial charge in [-0.1, -0.05) is 241 Å². The van der Waals surface area contributed by atoms with E-state index in [9.17, 15) is 20.4 Å². The third kappa shape index (κ3) is 22.8. The number of hydrogen-bond donors (Lipinski definition) is 4. The fraction of sp³-hybridized carbons (Fsp3) is 0.200. The molecular formula is C120H120N12O4Pt4Si4-4. The predicted octanol–water partition coefficient (Wildman–Crippen LogP) is 26.5. The molecule has 20 rings (SSSR count). The fourth-order valence-electron chi connectivity index (χ4n) is 18.4. The number of aromatic nitrogens is 12. The summed E-state index contributed by atoms with van der Waals surface area (Å²) in [4.78, 5) is 38.6. The molecule has 0 saturated heterocycles. The molecule has 0 unspecified atom stereocenters. The first kappa shape index (κ1) is 109. The summed E-state index contributed by atoms with van der Waals surface area (Å²) < 4.78 is 8.32. The van der Waals surface area contributed by atoms with Gasteiger partial charge in [-0.3, -0.25) is 19.9 Å². The summed E-state index contributed by atoms with van der Waals surface area (Å²) in [7, 11) is 1.91. The van der Waals surface area contributed by atoms with Gasteiger partial charge in [0.05, 0.1) is 98.7 Å². The van der Waals surface area contributed by atoms with Gasteiger partial charge in [0.15, 0.2) is 0 Å². The maximum atomic E-state index is 10.9. The maximum absolute atomic E-state index is 10.9. The average Bonchev–Trinajstić information content (AvgIpc) is 1.60. The second-order valence-corrected chi connectivity index (χ2v) is 61.5. The third-order valence-corrected chi connectivity index (χ3v) is 34.4. The number of aryl methyl sites for hydroxylation is 12. The molecule has 0 bridgehead atoms. The van der Waals surface area contributed by atoms with Gasteiger partial charge in [-0.05, 0) is 173 Å². The van der Waals surface area contributed by atoms with Crippen molar-refractivity contribution in [3.63, 3.8) is 0 Å². The molecule has 0 aliphatic rings. The Kier molecular flexibility index (Phi) is 33.4. The summed E-state index contributed by atoms with van der Waals surface area (Å²) in [6.45, 7) is 44.1. The van der Waals surface area contributed by atoms with Crippen LogP contribution in [0.4, 0.5) is 0 Å². The Bertz CT molecular complexity index is 7740. The molecule has 24 heteroatoms. The number of benzene rings is 12. The van der Waals surface area contributed by atoms with Gasteiger partial charge in [0.2, 0.25) is 0 Å². The average molecular weight is 2690 g/mol. The molecule has 4 N–H and O–H groups in total. The van der Waals surface area contributed by atoms with Crippen LogP contribution in [0.2, 0.25) is 78.6 Å². The SMILES string of the molecule is Cc1cc(C)c(O)c(-c2nc3c(-c4[c-]c(-c5cc([Si](C)(C)C)ccn5)ccc4)cccc3n2C)c1.Cc1cc(C)c(O)c(-c2nc3c(-c4[c-]c(-c5cc([Si](C)(C)C)ccn5)ccc4)cccc3n2C)c1.Cc1cc(C)c(O)c(-c2nc3c(-c4[c-]c(-c5ccccn5)ccc4)cc([Si](C)(C)C)cc3n2C)c1.Cc1cc(C)c(O)c(-c2nc3c(-c4[c-]c(-c5ccccn5)ccc4)cc([Si](C)(C)C)cc3n2C)c1.[Pt].[Pt].[Pt].[Pt]. The summed E-state index contributed by atoms with van der Waals surface area (Å²) in [5.74, 6) is 4.14. The van der Waals surface area contributed by atoms with E-state index in [0.29, 0.717) is 0 Å². The summed E-state index contributed by atoms with van der Waals surface area (Å²) in [5, 5.41) is 48.9. The van der Waals surface area contributed by atoms with Crippen LogP contribution in [0.25, 0.3) is 179 Å². The van der Waals surface area contributed by atoms with Crippen molar-refractivity contribution >= 4 is 97.2 Å². The number of rotatable bonds is 16. The minimum absolute atomic E-state index is 0. The number of para-hydroxylation sites is 2. The zero-order valence-corrected chi connectivity index (χ0v) is 98.9. The van der Waals surface area contributed by atoms with E-state index in [1.807, 2.05) is 193 Å². The van der Waals surface area contributed by atoms with Crippen molar-refractivity contribution in [1.82, 2.24) is 58.1 Å². The van der Waals surface area contributed by atoms with Crippen LogP contribution >= 0.6 is 0 Å². The number of nitrogens with zero attached hydrogens (tertiary/aromatic N) is 12. The van der Waals surface area contributed by atoms with E-state index in [4.69, 9.17) is 19.9 Å². The minimum atomic E-state index is -1.63. The standard InChI is InChI=1S/4C30H30N3OSi.4Pt/c2*1-19-15-20(2)29(34)25(16-19)30-32-28-24(11-8-12-27(28)33(30)3)21-9-7-10-22(17-21)26-18-23(13-14-31-26)35(4,5)6;2*1-19-14-20(2)29(34)25(15-19)30-32-28-24(17-23(35(4,5)6)18-27(28)33(30)3)21-10-9-11-22(16-21)26-12-7-8-13-31-26;;;;/h2*7-16,18,34H,1-6H3;2*7-15,17-18,34H,1-6H3;;;;/q4*-1;;;;. The van der Waals surface area contributed by atoms with E-state index in [2.05, 4.69) is 287 Å². The monoisotopic (exact) mass is 2680 g/mol. The van der Waals surface area contributed by atoms with Crippen molar-refractivity contribution in [1.29, 1.82) is 0 Å². The number of hydrogen-bond acceptors (Lipinski definition) is 12. The van der Waals surface area contributed by atoms with Gasteiger partial charge in [-0.2, -0.15) is 0 Å². The predicted molar refractivity (Wildman–Crippen MR) is 591 cm³/mol. The van der Waals surface area contributed by atoms with Gasteiger partial charge >= 0.3 is 0 Å². The molecule has 0 aliphatic carbocycles. The molecule has 0 saturated carbocycles. The molecule has 12 aromatic carbocycles. The Balaban J connectivity index is 0.000000159. The maximum Gasteiger partial charge on any atom is 0.143 e. The summed E-state index contributed by atoms with van der Waals surface area (Å²) in [6.07, 6.45) is 7.43. The number of imidazole rings is 4. The second-order valence-electron chi connectivity index (χ2n) is 41.2. The van der Waals surface area contributed by atoms with E-state index in [0.717, 1.165) is 224 Å². The largest absolute Gasteiger partial charge is 0.507 e. The molecule has 0 radical (unpaired) electrons. The van der Waals surface area contributed by atoms with Crippen LogP contribution in [0.5, 0.6) is 23.0 Å². The molecule has 20 aromatic rings. The summed E-state index contributed by atoms with van der Waals surface area (Å²) in [5.41, 5.74) is 34.2. The molecule has 0 atom stereocenters. The van der Waals surface area contributed by atoms with E-state index >= 15 is 0 Å². The van der Waals surface area contributed by atoms with Crippen LogP contribution < -0.4 is 20.7 Å². The smallest absolute Gasteiger partial charge is 0.143 e. The Morgan fingerprint density at radius 2 is 0.472 bits per heavy atom. The van der Waals surface area contributed by atoms with Gasteiger partial charge in [-0.15, -0.1) is 119 Å². The molecule has 16 nitrogen and oxygen atoms in total. The van der Waals surface area contributed by atoms with Gasteiger partial charge in [0.1, 0.15) is 46.3 Å². The van der Waals surface area contributed by atoms with Crippen LogP contribution in [-0.4, -0.2) is 111 Å². The first-order valence-electron chi connectivity index (χ1n) is 47.6. The van der Waals surface area contributed by atoms with Crippen LogP contribution in [0.3, 0.4) is 0 Å². The quantitative estimate of drug-likeness (QED) is 0.0527. The van der Waals surface area contributed by atoms with E-state index in [1.54, 1.807) is 12.4 Å². The number of fused-ring (bicyclic) bond motifs is 4. The number of aromatic hydroxyl groups is 4. The molecular weight excluding hydrogens is 2570 g/mol. The second kappa shape index (κ2) is 44.1. The van der Waals surface area contributed by atoms with Crippen molar-refractivity contribution in [3.8, 4) is 158 Å². The normalized spacial score (nSPS) is 11.5. The van der Waals surface area contributed by atoms with Crippen molar-refractivity contribution in [2.24, 2.45) is 28.2 Å². The molecule has 0 aliphatic heterocycles. The fourth-order valence-corrected chi connectivity index (χ4v) is 23.0. The Hall–Kier alpha value is -12.1. The van der Waals surface area contributed by atoms with Gasteiger partial charge in [0, 0.05) is 160 Å². The van der Waals surface area contributed by atoms with Crippen LogP contribution in [0.15, 0.2) is 267 Å². The number of pyridine rings is 4. The van der Waals surface area contributed by atoms with Gasteiger partial charge in [-0.25, -0.2) is 19.9 Å². The third-order valence-electron chi connectivity index (χ3n) is 26.3. The Morgan fingerprint density at radius 3 is 0.750 bits per heavy atom. The van der Waals surface area contributed by atoms with Crippen LogP contribution in [0, 0.1) is 79.7 Å². The van der Waals surface area contributed by atoms with Crippen LogP contribution in [-0.2, 0) is 112 Å². The zero-order valence-electron chi connectivity index (χ0n) is 85.8. The van der Waals surface area contributed by atoms with Crippen molar-refractivity contribution in [3.05, 3.63) is 336 Å². The van der Waals surface area contributed by atoms with Gasteiger partial charge < -0.3 is 38.7 Å². The molecule has 0 amide bonds. The summed E-state index contributed by atoms with van der Waals surface area (Å²) >= 11 is 0. The molecule has 144 heavy (non-hydrogen) atoms. The van der Waals surface area contributed by atoms with Gasteiger partial charge in [0.25, 0.3) is 0 Å². The Labute approximate surface area is 907 Å². The van der Waals surface area contributed by atoms with E-state index < -0.39 is 32.3 Å². The molecule has 8 aromatic heterocycles. The number of phenolic OH excluding ortho intramolecular Hbond substituents is 4. The molecule has 0 fully saturated rings. The first-order chi connectivity index (χ1) is 66.5. The Morgan fingerprint density at radius 1 is 0.222 bits per heavy atom. The van der Waals surface area contributed by atoms with E-state index in [1.165, 1.54) is 20.7 Å². The molecule has 744 valence electrons. The summed E-state index contributed by atoms with van der Waals surface area (Å²) in [6, 6.07) is 97.3. The topological polar surface area (TPSA) is 204 Å². The first-order valence-corrected chi connectivity index (χ1v) is 61.6. The number of phenols is 4. The van der Waals surface area contributed by atoms with Crippen LogP contribution in [0.1, 0.15) is 44.5 Å². The zero-order chi connectivity index (χ0) is 99.6. The minimum Gasteiger partial charge on any atom is -0.507 e. The van der Waals surface area contributed by atoms with E-state index in [-0.39, 0.29) is 107 Å². The molecule has 8 heterocycles.